The first-order chi connectivity index (χ1) is 10.1. The molecule has 2 aliphatic rings. The molecule has 3 nitrogen and oxygen atoms in total. The molecule has 0 aromatic heterocycles. The van der Waals surface area contributed by atoms with Gasteiger partial charge in [-0.25, -0.2) is 13.6 Å². The predicted molar refractivity (Wildman–Crippen MR) is 74.9 cm³/mol. The highest BCUT2D eigenvalue weighted by Gasteiger charge is 2.33. The molecule has 1 amide bonds. The lowest BCUT2D eigenvalue weighted by Gasteiger charge is -2.38. The third kappa shape index (κ3) is 2.64. The van der Waals surface area contributed by atoms with Gasteiger partial charge in [-0.3, -0.25) is 0 Å². The second kappa shape index (κ2) is 5.47. The van der Waals surface area contributed by atoms with Crippen molar-refractivity contribution in [1.82, 2.24) is 4.90 Å². The normalized spacial score (nSPS) is 26.8. The lowest BCUT2D eigenvalue weighted by Crippen LogP contribution is -2.48. The summed E-state index contributed by atoms with van der Waals surface area (Å²) in [5, 5.41) is 0. The highest BCUT2D eigenvalue weighted by Crippen LogP contribution is 2.31. The van der Waals surface area contributed by atoms with Gasteiger partial charge in [-0.15, -0.1) is 0 Å². The van der Waals surface area contributed by atoms with Crippen LogP contribution in [-0.4, -0.2) is 23.6 Å². The Balaban J connectivity index is 2.01. The summed E-state index contributed by atoms with van der Waals surface area (Å²) in [5.74, 6) is -1.18. The van der Waals surface area contributed by atoms with Crippen LogP contribution in [0.4, 0.5) is 13.6 Å². The zero-order chi connectivity index (χ0) is 15.0. The number of hydrogen-bond donors (Lipinski definition) is 0. The van der Waals surface area contributed by atoms with Crippen LogP contribution in [0.5, 0.6) is 5.75 Å². The first kappa shape index (κ1) is 14.0. The van der Waals surface area contributed by atoms with E-state index in [2.05, 4.69) is 6.92 Å². The monoisotopic (exact) mass is 293 g/mol. The Morgan fingerprint density at radius 2 is 2.14 bits per heavy atom. The SMILES string of the molecule is CC1CCCN2C(=O)Oc3cc(F)cc(F)c3/C=C\CC12. The molecule has 0 radical (unpaired) electrons. The minimum Gasteiger partial charge on any atom is -0.409 e. The standard InChI is InChI=1S/C16H17F2NO2/c1-10-4-3-7-19-14(10)6-2-5-12-13(18)8-11(17)9-15(12)21-16(19)20/h2,5,8-10,14H,3-4,6-7H2,1H3/b5-2-. The van der Waals surface area contributed by atoms with E-state index in [-0.39, 0.29) is 17.4 Å². The number of hydrogen-bond acceptors (Lipinski definition) is 2. The maximum absolute atomic E-state index is 13.9. The first-order valence-corrected chi connectivity index (χ1v) is 7.20. The number of carbonyl (C=O) groups is 1. The lowest BCUT2D eigenvalue weighted by molar-refractivity contribution is 0.0898. The zero-order valence-electron chi connectivity index (χ0n) is 11.8. The summed E-state index contributed by atoms with van der Waals surface area (Å²) in [4.78, 5) is 14.0. The fraction of sp³-hybridized carbons (Fsp3) is 0.438. The third-order valence-corrected chi connectivity index (χ3v) is 4.27. The molecule has 1 fully saturated rings. The summed E-state index contributed by atoms with van der Waals surface area (Å²) in [6.45, 7) is 2.72. The average Bonchev–Trinajstić information content (AvgIpc) is 2.48. The molecule has 21 heavy (non-hydrogen) atoms. The number of nitrogens with zero attached hydrogens (tertiary/aromatic N) is 1. The second-order valence-corrected chi connectivity index (χ2v) is 5.69. The summed E-state index contributed by atoms with van der Waals surface area (Å²) < 4.78 is 32.5. The molecular weight excluding hydrogens is 276 g/mol. The molecule has 2 heterocycles. The quantitative estimate of drug-likeness (QED) is 0.724. The van der Waals surface area contributed by atoms with Crippen LogP contribution in [0.2, 0.25) is 0 Å². The Hall–Kier alpha value is -1.91. The van der Waals surface area contributed by atoms with E-state index in [9.17, 15) is 13.6 Å². The van der Waals surface area contributed by atoms with Crippen molar-refractivity contribution >= 4 is 12.2 Å². The molecule has 1 aromatic rings. The van der Waals surface area contributed by atoms with E-state index in [0.717, 1.165) is 25.0 Å². The molecule has 0 spiro atoms. The average molecular weight is 293 g/mol. The van der Waals surface area contributed by atoms with Crippen LogP contribution in [0, 0.1) is 17.6 Å². The molecular formula is C16H17F2NO2. The Bertz CT molecular complexity index is 600. The Labute approximate surface area is 122 Å². The van der Waals surface area contributed by atoms with Gasteiger partial charge >= 0.3 is 6.09 Å². The van der Waals surface area contributed by atoms with Crippen molar-refractivity contribution in [1.29, 1.82) is 0 Å². The number of fused-ring (bicyclic) bond motifs is 2. The molecule has 2 aliphatic heterocycles. The summed E-state index contributed by atoms with van der Waals surface area (Å²) in [6.07, 6.45) is 5.50. The van der Waals surface area contributed by atoms with Crippen molar-refractivity contribution in [2.45, 2.75) is 32.2 Å². The van der Waals surface area contributed by atoms with E-state index in [4.69, 9.17) is 4.74 Å². The Kier molecular flexibility index (Phi) is 3.66. The molecule has 2 unspecified atom stereocenters. The second-order valence-electron chi connectivity index (χ2n) is 5.69. The summed E-state index contributed by atoms with van der Waals surface area (Å²) in [7, 11) is 0. The van der Waals surface area contributed by atoms with Crippen molar-refractivity contribution in [3.8, 4) is 5.75 Å². The molecule has 0 saturated carbocycles. The highest BCUT2D eigenvalue weighted by atomic mass is 19.1. The van der Waals surface area contributed by atoms with Crippen molar-refractivity contribution in [2.75, 3.05) is 6.54 Å². The van der Waals surface area contributed by atoms with Crippen LogP contribution in [0.3, 0.4) is 0 Å². The van der Waals surface area contributed by atoms with Crippen LogP contribution in [0.15, 0.2) is 18.2 Å². The smallest absolute Gasteiger partial charge is 0.409 e. The highest BCUT2D eigenvalue weighted by molar-refractivity contribution is 5.74. The number of rotatable bonds is 0. The number of carbonyl (C=O) groups excluding carboxylic acids is 1. The van der Waals surface area contributed by atoms with Crippen molar-refractivity contribution < 1.29 is 18.3 Å². The summed E-state index contributed by atoms with van der Waals surface area (Å²) in [6, 6.07) is 1.89. The van der Waals surface area contributed by atoms with E-state index >= 15 is 0 Å². The van der Waals surface area contributed by atoms with Gasteiger partial charge in [0, 0.05) is 24.7 Å². The maximum atomic E-state index is 13.9. The van der Waals surface area contributed by atoms with Crippen molar-refractivity contribution in [3.05, 3.63) is 35.4 Å². The van der Waals surface area contributed by atoms with Crippen LogP contribution in [-0.2, 0) is 0 Å². The maximum Gasteiger partial charge on any atom is 0.415 e. The van der Waals surface area contributed by atoms with Crippen LogP contribution >= 0.6 is 0 Å². The summed E-state index contributed by atoms with van der Waals surface area (Å²) in [5.41, 5.74) is 0.122. The molecule has 0 bridgehead atoms. The van der Waals surface area contributed by atoms with E-state index in [1.807, 2.05) is 6.08 Å². The van der Waals surface area contributed by atoms with Gasteiger partial charge in [0.05, 0.1) is 5.56 Å². The van der Waals surface area contributed by atoms with Gasteiger partial charge in [-0.2, -0.15) is 0 Å². The zero-order valence-corrected chi connectivity index (χ0v) is 11.8. The number of piperidine rings is 1. The first-order valence-electron chi connectivity index (χ1n) is 7.20. The molecule has 3 rings (SSSR count). The molecule has 2 atom stereocenters. The van der Waals surface area contributed by atoms with E-state index in [1.165, 1.54) is 0 Å². The predicted octanol–water partition coefficient (Wildman–Crippen LogP) is 3.98. The third-order valence-electron chi connectivity index (χ3n) is 4.27. The van der Waals surface area contributed by atoms with Gasteiger partial charge in [-0.1, -0.05) is 19.1 Å². The summed E-state index contributed by atoms with van der Waals surface area (Å²) >= 11 is 0. The minimum absolute atomic E-state index is 0.0460. The van der Waals surface area contributed by atoms with Crippen LogP contribution < -0.4 is 4.74 Å². The largest absolute Gasteiger partial charge is 0.415 e. The van der Waals surface area contributed by atoms with Gasteiger partial charge in [0.25, 0.3) is 0 Å². The lowest BCUT2D eigenvalue weighted by atomic mass is 9.89. The number of halogens is 2. The number of ether oxygens (including phenoxy) is 1. The molecule has 1 saturated heterocycles. The number of benzene rings is 1. The van der Waals surface area contributed by atoms with Gasteiger partial charge in [0.2, 0.25) is 0 Å². The van der Waals surface area contributed by atoms with Gasteiger partial charge in [-0.05, 0) is 25.2 Å². The van der Waals surface area contributed by atoms with Gasteiger partial charge < -0.3 is 9.64 Å². The van der Waals surface area contributed by atoms with Gasteiger partial charge in [0.15, 0.2) is 0 Å². The van der Waals surface area contributed by atoms with E-state index in [1.54, 1.807) is 11.0 Å². The Morgan fingerprint density at radius 3 is 2.95 bits per heavy atom. The topological polar surface area (TPSA) is 29.5 Å². The Morgan fingerprint density at radius 1 is 1.33 bits per heavy atom. The molecule has 5 heteroatoms. The number of amides is 1. The molecule has 1 aromatic carbocycles. The fourth-order valence-electron chi connectivity index (χ4n) is 3.12. The van der Waals surface area contributed by atoms with E-state index < -0.39 is 17.7 Å². The van der Waals surface area contributed by atoms with Crippen LogP contribution in [0.1, 0.15) is 31.7 Å². The molecule has 0 N–H and O–H groups in total. The van der Waals surface area contributed by atoms with E-state index in [0.29, 0.717) is 18.9 Å². The van der Waals surface area contributed by atoms with Gasteiger partial charge in [0.1, 0.15) is 17.4 Å². The molecule has 112 valence electrons. The minimum atomic E-state index is -0.754. The van der Waals surface area contributed by atoms with Crippen molar-refractivity contribution in [2.24, 2.45) is 5.92 Å². The molecule has 0 aliphatic carbocycles. The van der Waals surface area contributed by atoms with Crippen molar-refractivity contribution in [3.63, 3.8) is 0 Å². The fourth-order valence-corrected chi connectivity index (χ4v) is 3.12. The van der Waals surface area contributed by atoms with Crippen LogP contribution in [0.25, 0.3) is 6.08 Å².